The highest BCUT2D eigenvalue weighted by molar-refractivity contribution is 7.09. The van der Waals surface area contributed by atoms with Gasteiger partial charge in [-0.05, 0) is 6.07 Å². The van der Waals surface area contributed by atoms with Gasteiger partial charge in [-0.2, -0.15) is 5.10 Å². The first-order valence-corrected chi connectivity index (χ1v) is 8.92. The molecule has 1 amide bonds. The summed E-state index contributed by atoms with van der Waals surface area (Å²) >= 11 is 7.40. The Labute approximate surface area is 158 Å². The lowest BCUT2D eigenvalue weighted by Gasteiger charge is -2.06. The molecular weight excluding hydrogens is 376 g/mol. The summed E-state index contributed by atoms with van der Waals surface area (Å²) < 4.78 is 6.77. The van der Waals surface area contributed by atoms with Crippen LogP contribution in [0.1, 0.15) is 28.0 Å². The van der Waals surface area contributed by atoms with E-state index in [1.54, 1.807) is 28.4 Å². The third-order valence-electron chi connectivity index (χ3n) is 3.41. The van der Waals surface area contributed by atoms with E-state index >= 15 is 0 Å². The maximum Gasteiger partial charge on any atom is 0.412 e. The monoisotopic (exact) mass is 390 g/mol. The van der Waals surface area contributed by atoms with Gasteiger partial charge in [0.1, 0.15) is 17.3 Å². The van der Waals surface area contributed by atoms with E-state index in [9.17, 15) is 9.59 Å². The zero-order chi connectivity index (χ0) is 18.5. The first kappa shape index (κ1) is 18.1. The largest absolute Gasteiger partial charge is 0.444 e. The molecule has 3 rings (SSSR count). The van der Waals surface area contributed by atoms with E-state index in [0.29, 0.717) is 22.9 Å². The van der Waals surface area contributed by atoms with Crippen LogP contribution in [0.25, 0.3) is 0 Å². The summed E-state index contributed by atoms with van der Waals surface area (Å²) in [5.74, 6) is -0.0726. The lowest BCUT2D eigenvalue weighted by atomic mass is 10.2. The van der Waals surface area contributed by atoms with Gasteiger partial charge in [-0.1, -0.05) is 29.8 Å². The molecule has 26 heavy (non-hydrogen) atoms. The number of benzene rings is 1. The molecular formula is C17H15ClN4O3S. The van der Waals surface area contributed by atoms with Crippen LogP contribution in [0.4, 0.5) is 10.5 Å². The number of carbonyl (C=O) groups is 2. The van der Waals surface area contributed by atoms with E-state index in [2.05, 4.69) is 15.4 Å². The number of amides is 1. The minimum Gasteiger partial charge on any atom is -0.444 e. The number of hydrogen-bond acceptors (Lipinski definition) is 6. The Balaban J connectivity index is 1.53. The number of ether oxygens (including phenoxy) is 1. The van der Waals surface area contributed by atoms with E-state index in [4.69, 9.17) is 16.3 Å². The van der Waals surface area contributed by atoms with Crippen LogP contribution in [-0.2, 0) is 17.9 Å². The Morgan fingerprint density at radius 3 is 2.88 bits per heavy atom. The van der Waals surface area contributed by atoms with Gasteiger partial charge in [-0.25, -0.2) is 9.78 Å². The summed E-state index contributed by atoms with van der Waals surface area (Å²) in [4.78, 5) is 27.4. The van der Waals surface area contributed by atoms with Crippen molar-refractivity contribution in [2.45, 2.75) is 20.1 Å². The SMILES string of the molecule is CC(=O)c1csc(Cn2cc(NC(=O)OCc3ccccc3Cl)cn2)n1. The number of nitrogens with one attached hydrogen (secondary N) is 1. The Morgan fingerprint density at radius 1 is 1.35 bits per heavy atom. The molecule has 9 heteroatoms. The molecule has 0 atom stereocenters. The fraction of sp³-hybridized carbons (Fsp3) is 0.176. The molecule has 7 nitrogen and oxygen atoms in total. The topological polar surface area (TPSA) is 86.1 Å². The summed E-state index contributed by atoms with van der Waals surface area (Å²) in [5.41, 5.74) is 1.67. The second-order valence-corrected chi connectivity index (χ2v) is 6.75. The Hall–Kier alpha value is -2.71. The molecule has 1 aromatic carbocycles. The lowest BCUT2D eigenvalue weighted by Crippen LogP contribution is -2.13. The predicted molar refractivity (Wildman–Crippen MR) is 98.7 cm³/mol. The average Bonchev–Trinajstić information content (AvgIpc) is 3.24. The third-order valence-corrected chi connectivity index (χ3v) is 4.61. The fourth-order valence-corrected chi connectivity index (χ4v) is 3.13. The van der Waals surface area contributed by atoms with E-state index < -0.39 is 6.09 Å². The zero-order valence-electron chi connectivity index (χ0n) is 13.8. The van der Waals surface area contributed by atoms with E-state index in [0.717, 1.165) is 10.6 Å². The normalized spacial score (nSPS) is 10.5. The summed E-state index contributed by atoms with van der Waals surface area (Å²) in [7, 11) is 0. The van der Waals surface area contributed by atoms with Gasteiger partial charge in [0.2, 0.25) is 0 Å². The fourth-order valence-electron chi connectivity index (χ4n) is 2.11. The second-order valence-electron chi connectivity index (χ2n) is 5.40. The minimum atomic E-state index is -0.599. The number of halogens is 1. The number of ketones is 1. The summed E-state index contributed by atoms with van der Waals surface area (Å²) in [6.45, 7) is 1.96. The number of Topliss-reactive ketones (excluding diaryl/α,β-unsaturated/α-hetero) is 1. The highest BCUT2D eigenvalue weighted by Crippen LogP contribution is 2.16. The molecule has 2 aromatic heterocycles. The molecule has 0 aliphatic heterocycles. The van der Waals surface area contributed by atoms with Gasteiger partial charge in [0.15, 0.2) is 5.78 Å². The molecule has 2 heterocycles. The van der Waals surface area contributed by atoms with Crippen molar-refractivity contribution in [2.75, 3.05) is 5.32 Å². The number of anilines is 1. The standard InChI is InChI=1S/C17H15ClN4O3S/c1-11(23)15-10-26-16(21-15)8-22-7-13(6-19-22)20-17(24)25-9-12-4-2-3-5-14(12)18/h2-7,10H,8-9H2,1H3,(H,20,24). The molecule has 0 saturated carbocycles. The number of carbonyl (C=O) groups excluding carboxylic acids is 2. The van der Waals surface area contributed by atoms with Crippen molar-refractivity contribution in [2.24, 2.45) is 0 Å². The van der Waals surface area contributed by atoms with Crippen LogP contribution in [0.3, 0.4) is 0 Å². The van der Waals surface area contributed by atoms with Gasteiger partial charge >= 0.3 is 6.09 Å². The van der Waals surface area contributed by atoms with Crippen LogP contribution in [0, 0.1) is 0 Å². The molecule has 0 spiro atoms. The van der Waals surface area contributed by atoms with Crippen LogP contribution < -0.4 is 5.32 Å². The van der Waals surface area contributed by atoms with Crippen molar-refractivity contribution < 1.29 is 14.3 Å². The molecule has 0 aliphatic carbocycles. The van der Waals surface area contributed by atoms with Gasteiger partial charge in [-0.3, -0.25) is 14.8 Å². The van der Waals surface area contributed by atoms with Crippen molar-refractivity contribution in [1.82, 2.24) is 14.8 Å². The average molecular weight is 391 g/mol. The smallest absolute Gasteiger partial charge is 0.412 e. The summed E-state index contributed by atoms with van der Waals surface area (Å²) in [6, 6.07) is 7.15. The Bertz CT molecular complexity index is 937. The number of thiazole rings is 1. The van der Waals surface area contributed by atoms with Gasteiger partial charge in [0, 0.05) is 29.1 Å². The molecule has 0 fully saturated rings. The van der Waals surface area contributed by atoms with Gasteiger partial charge in [0.05, 0.1) is 18.4 Å². The number of hydrogen-bond donors (Lipinski definition) is 1. The number of aromatic nitrogens is 3. The Morgan fingerprint density at radius 2 is 2.15 bits per heavy atom. The minimum absolute atomic E-state index is 0.0726. The van der Waals surface area contributed by atoms with Gasteiger partial charge < -0.3 is 4.74 Å². The van der Waals surface area contributed by atoms with E-state index in [-0.39, 0.29) is 12.4 Å². The maximum atomic E-state index is 11.9. The molecule has 1 N–H and O–H groups in total. The van der Waals surface area contributed by atoms with E-state index in [1.165, 1.54) is 24.5 Å². The molecule has 3 aromatic rings. The molecule has 0 saturated heterocycles. The molecule has 0 radical (unpaired) electrons. The van der Waals surface area contributed by atoms with Crippen LogP contribution in [0.15, 0.2) is 42.0 Å². The van der Waals surface area contributed by atoms with Crippen molar-refractivity contribution in [1.29, 1.82) is 0 Å². The molecule has 0 unspecified atom stereocenters. The van der Waals surface area contributed by atoms with Crippen molar-refractivity contribution in [3.8, 4) is 0 Å². The first-order chi connectivity index (χ1) is 12.5. The quantitative estimate of drug-likeness (QED) is 0.643. The Kier molecular flexibility index (Phi) is 5.65. The van der Waals surface area contributed by atoms with Crippen LogP contribution in [0.5, 0.6) is 0 Å². The second kappa shape index (κ2) is 8.11. The predicted octanol–water partition coefficient (Wildman–Crippen LogP) is 3.99. The molecule has 134 valence electrons. The van der Waals surface area contributed by atoms with Gasteiger partial charge in [0.25, 0.3) is 0 Å². The van der Waals surface area contributed by atoms with Gasteiger partial charge in [-0.15, -0.1) is 11.3 Å². The molecule has 0 aliphatic rings. The summed E-state index contributed by atoms with van der Waals surface area (Å²) in [5, 5.41) is 9.77. The summed E-state index contributed by atoms with van der Waals surface area (Å²) in [6.07, 6.45) is 2.57. The van der Waals surface area contributed by atoms with Crippen molar-refractivity contribution in [3.63, 3.8) is 0 Å². The number of nitrogens with zero attached hydrogens (tertiary/aromatic N) is 3. The highest BCUT2D eigenvalue weighted by Gasteiger charge is 2.10. The zero-order valence-corrected chi connectivity index (χ0v) is 15.4. The van der Waals surface area contributed by atoms with Crippen molar-refractivity contribution in [3.05, 3.63) is 63.3 Å². The van der Waals surface area contributed by atoms with Crippen LogP contribution in [-0.4, -0.2) is 26.6 Å². The lowest BCUT2D eigenvalue weighted by molar-refractivity contribution is 0.101. The van der Waals surface area contributed by atoms with Crippen LogP contribution >= 0.6 is 22.9 Å². The van der Waals surface area contributed by atoms with E-state index in [1.807, 2.05) is 12.1 Å². The van der Waals surface area contributed by atoms with Crippen LogP contribution in [0.2, 0.25) is 5.02 Å². The third kappa shape index (κ3) is 4.68. The first-order valence-electron chi connectivity index (χ1n) is 7.66. The molecule has 0 bridgehead atoms. The maximum absolute atomic E-state index is 11.9. The van der Waals surface area contributed by atoms with Crippen molar-refractivity contribution >= 4 is 40.5 Å². The highest BCUT2D eigenvalue weighted by atomic mass is 35.5. The number of rotatable bonds is 6.